The summed E-state index contributed by atoms with van der Waals surface area (Å²) in [5.74, 6) is 1.46. The summed E-state index contributed by atoms with van der Waals surface area (Å²) >= 11 is 0. The molecule has 0 aromatic heterocycles. The second-order valence-electron chi connectivity index (χ2n) is 3.77. The summed E-state index contributed by atoms with van der Waals surface area (Å²) in [6, 6.07) is 0.528. The number of carbonyl (C=O) groups is 1. The van der Waals surface area contributed by atoms with Crippen LogP contribution in [-0.2, 0) is 4.79 Å². The van der Waals surface area contributed by atoms with Crippen molar-refractivity contribution in [3.63, 3.8) is 0 Å². The van der Waals surface area contributed by atoms with Crippen LogP contribution in [0.3, 0.4) is 0 Å². The zero-order valence-electron chi connectivity index (χ0n) is 6.97. The van der Waals surface area contributed by atoms with Crippen molar-refractivity contribution in [1.82, 2.24) is 5.32 Å². The molecule has 2 atom stereocenters. The average Bonchev–Trinajstić information content (AvgIpc) is 2.71. The number of amides is 1. The third kappa shape index (κ3) is 1.15. The minimum atomic E-state index is 0.311. The number of carbonyl (C=O) groups excluding carboxylic acids is 1. The van der Waals surface area contributed by atoms with Crippen molar-refractivity contribution >= 4 is 5.91 Å². The summed E-state index contributed by atoms with van der Waals surface area (Å²) in [6.07, 6.45) is 4.94. The minimum Gasteiger partial charge on any atom is -0.352 e. The van der Waals surface area contributed by atoms with Gasteiger partial charge in [-0.15, -0.1) is 0 Å². The Morgan fingerprint density at radius 3 is 2.73 bits per heavy atom. The van der Waals surface area contributed by atoms with Gasteiger partial charge in [-0.2, -0.15) is 0 Å². The van der Waals surface area contributed by atoms with Crippen molar-refractivity contribution in [3.8, 4) is 0 Å². The van der Waals surface area contributed by atoms with Crippen molar-refractivity contribution < 1.29 is 4.79 Å². The first-order chi connectivity index (χ1) is 5.33. The first kappa shape index (κ1) is 7.14. The molecule has 2 unspecified atom stereocenters. The molecular weight excluding hydrogens is 138 g/mol. The summed E-state index contributed by atoms with van der Waals surface area (Å²) in [4.78, 5) is 11.1. The first-order valence-corrected chi connectivity index (χ1v) is 4.63. The van der Waals surface area contributed by atoms with E-state index in [4.69, 9.17) is 0 Å². The lowest BCUT2D eigenvalue weighted by Gasteiger charge is -2.37. The van der Waals surface area contributed by atoms with Crippen LogP contribution in [-0.4, -0.2) is 11.9 Å². The van der Waals surface area contributed by atoms with E-state index in [2.05, 4.69) is 12.2 Å². The molecule has 0 spiro atoms. The highest BCUT2D eigenvalue weighted by Gasteiger charge is 2.47. The van der Waals surface area contributed by atoms with Crippen LogP contribution in [0.15, 0.2) is 0 Å². The molecule has 2 rings (SSSR count). The van der Waals surface area contributed by atoms with Gasteiger partial charge in [0, 0.05) is 6.04 Å². The quantitative estimate of drug-likeness (QED) is 0.608. The molecule has 0 radical (unpaired) electrons. The van der Waals surface area contributed by atoms with E-state index in [1.165, 1.54) is 25.7 Å². The maximum Gasteiger partial charge on any atom is 0.225 e. The van der Waals surface area contributed by atoms with Gasteiger partial charge in [-0.3, -0.25) is 4.79 Å². The molecule has 1 N–H and O–H groups in total. The Morgan fingerprint density at radius 1 is 1.55 bits per heavy atom. The van der Waals surface area contributed by atoms with Crippen LogP contribution in [0, 0.1) is 11.8 Å². The van der Waals surface area contributed by atoms with E-state index >= 15 is 0 Å². The fourth-order valence-corrected chi connectivity index (χ4v) is 2.02. The Kier molecular flexibility index (Phi) is 1.63. The zero-order chi connectivity index (χ0) is 7.84. The van der Waals surface area contributed by atoms with E-state index in [1.54, 1.807) is 0 Å². The van der Waals surface area contributed by atoms with Gasteiger partial charge in [0.05, 0.1) is 5.92 Å². The van der Waals surface area contributed by atoms with Gasteiger partial charge < -0.3 is 5.32 Å². The molecule has 2 heteroatoms. The third-order valence-corrected chi connectivity index (χ3v) is 2.79. The molecule has 1 saturated heterocycles. The van der Waals surface area contributed by atoms with Gasteiger partial charge in [-0.25, -0.2) is 0 Å². The maximum atomic E-state index is 11.1. The van der Waals surface area contributed by atoms with Crippen LogP contribution in [0.1, 0.15) is 32.6 Å². The molecule has 62 valence electrons. The second-order valence-corrected chi connectivity index (χ2v) is 3.77. The lowest BCUT2D eigenvalue weighted by Crippen LogP contribution is -2.58. The van der Waals surface area contributed by atoms with Gasteiger partial charge in [0.2, 0.25) is 5.91 Å². The number of β-lactam (4-membered cyclic amide) rings is 1. The maximum absolute atomic E-state index is 11.1. The molecule has 0 bridgehead atoms. The predicted molar refractivity (Wildman–Crippen MR) is 43.1 cm³/mol. The molecule has 11 heavy (non-hydrogen) atoms. The van der Waals surface area contributed by atoms with Crippen LogP contribution >= 0.6 is 0 Å². The fraction of sp³-hybridized carbons (Fsp3) is 0.889. The Labute approximate surface area is 67.4 Å². The topological polar surface area (TPSA) is 29.1 Å². The van der Waals surface area contributed by atoms with Crippen LogP contribution in [0.5, 0.6) is 0 Å². The van der Waals surface area contributed by atoms with E-state index in [9.17, 15) is 4.79 Å². The lowest BCUT2D eigenvalue weighted by atomic mass is 9.83. The zero-order valence-corrected chi connectivity index (χ0v) is 6.97. The molecule has 2 fully saturated rings. The molecular formula is C9H15NO. The number of hydrogen-bond acceptors (Lipinski definition) is 1. The summed E-state index contributed by atoms with van der Waals surface area (Å²) in [6.45, 7) is 2.18. The molecule has 1 saturated carbocycles. The van der Waals surface area contributed by atoms with E-state index in [0.29, 0.717) is 17.9 Å². The SMILES string of the molecule is CCCC1NC(=O)C1C1CC1. The monoisotopic (exact) mass is 153 g/mol. The molecule has 1 amide bonds. The summed E-state index contributed by atoms with van der Waals surface area (Å²) in [7, 11) is 0. The van der Waals surface area contributed by atoms with Gasteiger partial charge in [-0.1, -0.05) is 13.3 Å². The third-order valence-electron chi connectivity index (χ3n) is 2.79. The largest absolute Gasteiger partial charge is 0.352 e. The van der Waals surface area contributed by atoms with E-state index in [-0.39, 0.29) is 0 Å². The van der Waals surface area contributed by atoms with Crippen molar-refractivity contribution in [2.45, 2.75) is 38.6 Å². The van der Waals surface area contributed by atoms with E-state index < -0.39 is 0 Å². The van der Waals surface area contributed by atoms with Crippen LogP contribution in [0.2, 0.25) is 0 Å². The van der Waals surface area contributed by atoms with Crippen molar-refractivity contribution in [1.29, 1.82) is 0 Å². The highest BCUT2D eigenvalue weighted by Crippen LogP contribution is 2.42. The van der Waals surface area contributed by atoms with Gasteiger partial charge >= 0.3 is 0 Å². The van der Waals surface area contributed by atoms with Gasteiger partial charge in [0.15, 0.2) is 0 Å². The number of nitrogens with one attached hydrogen (secondary N) is 1. The first-order valence-electron chi connectivity index (χ1n) is 4.63. The second kappa shape index (κ2) is 2.50. The van der Waals surface area contributed by atoms with Crippen molar-refractivity contribution in [2.75, 3.05) is 0 Å². The van der Waals surface area contributed by atoms with Gasteiger partial charge in [-0.05, 0) is 25.2 Å². The molecule has 2 aliphatic rings. The van der Waals surface area contributed by atoms with E-state index in [0.717, 1.165) is 5.92 Å². The summed E-state index contributed by atoms with van der Waals surface area (Å²) in [5.41, 5.74) is 0. The van der Waals surface area contributed by atoms with Gasteiger partial charge in [0.1, 0.15) is 0 Å². The Morgan fingerprint density at radius 2 is 2.27 bits per heavy atom. The summed E-state index contributed by atoms with van der Waals surface area (Å²) < 4.78 is 0. The lowest BCUT2D eigenvalue weighted by molar-refractivity contribution is -0.136. The molecule has 0 aromatic rings. The van der Waals surface area contributed by atoms with Gasteiger partial charge in [0.25, 0.3) is 0 Å². The van der Waals surface area contributed by atoms with Crippen molar-refractivity contribution in [3.05, 3.63) is 0 Å². The van der Waals surface area contributed by atoms with E-state index in [1.807, 2.05) is 0 Å². The fourth-order valence-electron chi connectivity index (χ4n) is 2.02. The Bertz CT molecular complexity index is 174. The van der Waals surface area contributed by atoms with Crippen molar-refractivity contribution in [2.24, 2.45) is 11.8 Å². The normalized spacial score (nSPS) is 36.3. The minimum absolute atomic E-state index is 0.311. The average molecular weight is 153 g/mol. The molecule has 1 aliphatic heterocycles. The van der Waals surface area contributed by atoms with Crippen LogP contribution < -0.4 is 5.32 Å². The molecule has 2 nitrogen and oxygen atoms in total. The highest BCUT2D eigenvalue weighted by atomic mass is 16.2. The Hall–Kier alpha value is -0.530. The molecule has 0 aromatic carbocycles. The molecule has 1 heterocycles. The molecule has 1 aliphatic carbocycles. The predicted octanol–water partition coefficient (Wildman–Crippen LogP) is 1.31. The smallest absolute Gasteiger partial charge is 0.225 e. The Balaban J connectivity index is 1.88. The standard InChI is InChI=1S/C9H15NO/c1-2-3-7-8(6-4-5-6)9(11)10-7/h6-8H,2-5H2,1H3,(H,10,11). The number of rotatable bonds is 3. The van der Waals surface area contributed by atoms with Crippen LogP contribution in [0.4, 0.5) is 0 Å². The highest BCUT2D eigenvalue weighted by molar-refractivity contribution is 5.86. The summed E-state index contributed by atoms with van der Waals surface area (Å²) in [5, 5.41) is 2.98. The van der Waals surface area contributed by atoms with Crippen LogP contribution in [0.25, 0.3) is 0 Å². The number of hydrogen-bond donors (Lipinski definition) is 1.